The quantitative estimate of drug-likeness (QED) is 0.820. The predicted octanol–water partition coefficient (Wildman–Crippen LogP) is 2.49. The van der Waals surface area contributed by atoms with Crippen LogP contribution in [-0.4, -0.2) is 31.1 Å². The fraction of sp³-hybridized carbons (Fsp3) is 0.600. The minimum absolute atomic E-state index is 0.0535. The number of esters is 1. The van der Waals surface area contributed by atoms with Gasteiger partial charge in [0.2, 0.25) is 5.91 Å². The minimum Gasteiger partial charge on any atom is -0.462 e. The van der Waals surface area contributed by atoms with Crippen molar-refractivity contribution in [3.8, 4) is 0 Å². The molecule has 1 amide bonds. The van der Waals surface area contributed by atoms with E-state index in [4.69, 9.17) is 4.74 Å². The molecule has 0 spiro atoms. The molecule has 6 heteroatoms. The average molecular weight is 308 g/mol. The number of hydrogen-bond acceptors (Lipinski definition) is 5. The molecule has 2 heterocycles. The lowest BCUT2D eigenvalue weighted by atomic mass is 10.1. The molecule has 0 aromatic carbocycles. The molecule has 1 saturated carbocycles. The Kier molecular flexibility index (Phi) is 4.26. The maximum atomic E-state index is 12.2. The predicted molar refractivity (Wildman–Crippen MR) is 81.9 cm³/mol. The summed E-state index contributed by atoms with van der Waals surface area (Å²) in [4.78, 5) is 24.4. The number of nitrogens with one attached hydrogen (secondary N) is 2. The van der Waals surface area contributed by atoms with Crippen LogP contribution in [0.1, 0.15) is 54.4 Å². The molecule has 0 radical (unpaired) electrons. The smallest absolute Gasteiger partial charge is 0.341 e. The van der Waals surface area contributed by atoms with Crippen molar-refractivity contribution in [1.29, 1.82) is 0 Å². The SMILES string of the molecule is CCOC(=O)c1c(C2CC2)csc1NC(=O)C1CCCN1. The second-order valence-corrected chi connectivity index (χ2v) is 6.41. The summed E-state index contributed by atoms with van der Waals surface area (Å²) in [6.45, 7) is 3.01. The Morgan fingerprint density at radius 3 is 2.86 bits per heavy atom. The zero-order chi connectivity index (χ0) is 14.8. The van der Waals surface area contributed by atoms with Crippen LogP contribution < -0.4 is 10.6 Å². The first-order valence-electron chi connectivity index (χ1n) is 7.53. The lowest BCUT2D eigenvalue weighted by molar-refractivity contribution is -0.117. The molecule has 114 valence electrons. The first-order chi connectivity index (χ1) is 10.2. The first-order valence-corrected chi connectivity index (χ1v) is 8.41. The Balaban J connectivity index is 1.80. The summed E-state index contributed by atoms with van der Waals surface area (Å²) in [6, 6.07) is -0.147. The van der Waals surface area contributed by atoms with E-state index < -0.39 is 0 Å². The highest BCUT2D eigenvalue weighted by molar-refractivity contribution is 7.15. The molecule has 1 saturated heterocycles. The number of thiophene rings is 1. The summed E-state index contributed by atoms with van der Waals surface area (Å²) >= 11 is 1.43. The highest BCUT2D eigenvalue weighted by Crippen LogP contribution is 2.46. The number of hydrogen-bond donors (Lipinski definition) is 2. The number of amides is 1. The van der Waals surface area contributed by atoms with Crippen LogP contribution in [0, 0.1) is 0 Å². The zero-order valence-corrected chi connectivity index (χ0v) is 12.9. The number of carbonyl (C=O) groups is 2. The number of rotatable bonds is 5. The lowest BCUT2D eigenvalue weighted by Crippen LogP contribution is -2.35. The van der Waals surface area contributed by atoms with Crippen LogP contribution in [0.15, 0.2) is 5.38 Å². The van der Waals surface area contributed by atoms with Crippen LogP contribution in [0.25, 0.3) is 0 Å². The summed E-state index contributed by atoms with van der Waals surface area (Å²) in [5, 5.41) is 8.70. The van der Waals surface area contributed by atoms with Crippen LogP contribution in [0.3, 0.4) is 0 Å². The lowest BCUT2D eigenvalue weighted by Gasteiger charge is -2.12. The summed E-state index contributed by atoms with van der Waals surface area (Å²) in [6.07, 6.45) is 4.09. The summed E-state index contributed by atoms with van der Waals surface area (Å²) in [7, 11) is 0. The molecule has 21 heavy (non-hydrogen) atoms. The maximum Gasteiger partial charge on any atom is 0.341 e. The van der Waals surface area contributed by atoms with Crippen LogP contribution in [0.4, 0.5) is 5.00 Å². The zero-order valence-electron chi connectivity index (χ0n) is 12.1. The standard InChI is InChI=1S/C15H20N2O3S/c1-2-20-15(19)12-10(9-5-6-9)8-21-14(12)17-13(18)11-4-3-7-16-11/h8-9,11,16H,2-7H2,1H3,(H,17,18). The molecule has 1 unspecified atom stereocenters. The highest BCUT2D eigenvalue weighted by atomic mass is 32.1. The number of ether oxygens (including phenoxy) is 1. The Bertz CT molecular complexity index is 545. The molecule has 2 fully saturated rings. The molecular weight excluding hydrogens is 288 g/mol. The molecule has 1 aromatic rings. The van der Waals surface area contributed by atoms with Crippen LogP contribution in [-0.2, 0) is 9.53 Å². The van der Waals surface area contributed by atoms with E-state index in [1.807, 2.05) is 5.38 Å². The van der Waals surface area contributed by atoms with Gasteiger partial charge < -0.3 is 15.4 Å². The second kappa shape index (κ2) is 6.15. The highest BCUT2D eigenvalue weighted by Gasteiger charge is 2.33. The van der Waals surface area contributed by atoms with Gasteiger partial charge in [-0.2, -0.15) is 0 Å². The van der Waals surface area contributed by atoms with Crippen molar-refractivity contribution in [2.45, 2.75) is 44.6 Å². The fourth-order valence-corrected chi connectivity index (χ4v) is 3.71. The Morgan fingerprint density at radius 1 is 1.43 bits per heavy atom. The van der Waals surface area contributed by atoms with Crippen LogP contribution >= 0.6 is 11.3 Å². The number of carbonyl (C=O) groups excluding carboxylic acids is 2. The van der Waals surface area contributed by atoms with Gasteiger partial charge in [0.05, 0.1) is 18.2 Å². The van der Waals surface area contributed by atoms with Crippen molar-refractivity contribution in [3.05, 3.63) is 16.5 Å². The molecule has 2 N–H and O–H groups in total. The van der Waals surface area contributed by atoms with E-state index >= 15 is 0 Å². The first kappa shape index (κ1) is 14.5. The van der Waals surface area contributed by atoms with E-state index in [2.05, 4.69) is 10.6 Å². The topological polar surface area (TPSA) is 67.4 Å². The van der Waals surface area contributed by atoms with Gasteiger partial charge in [0.15, 0.2) is 0 Å². The molecule has 1 atom stereocenters. The molecule has 5 nitrogen and oxygen atoms in total. The minimum atomic E-state index is -0.324. The van der Waals surface area contributed by atoms with E-state index in [1.54, 1.807) is 6.92 Å². The van der Waals surface area contributed by atoms with Crippen LogP contribution in [0.2, 0.25) is 0 Å². The average Bonchev–Trinajstić information content (AvgIpc) is 3.01. The maximum absolute atomic E-state index is 12.2. The van der Waals surface area contributed by atoms with E-state index in [-0.39, 0.29) is 17.9 Å². The molecular formula is C15H20N2O3S. The Morgan fingerprint density at radius 2 is 2.24 bits per heavy atom. The van der Waals surface area contributed by atoms with Crippen molar-refractivity contribution in [2.75, 3.05) is 18.5 Å². The second-order valence-electron chi connectivity index (χ2n) is 5.53. The number of anilines is 1. The van der Waals surface area contributed by atoms with Crippen LogP contribution in [0.5, 0.6) is 0 Å². The van der Waals surface area contributed by atoms with Crippen molar-refractivity contribution in [2.24, 2.45) is 0 Å². The summed E-state index contributed by atoms with van der Waals surface area (Å²) in [5.41, 5.74) is 1.60. The van der Waals surface area contributed by atoms with Gasteiger partial charge in [-0.1, -0.05) is 0 Å². The summed E-state index contributed by atoms with van der Waals surface area (Å²) in [5.74, 6) is 0.0773. The Hall–Kier alpha value is -1.40. The summed E-state index contributed by atoms with van der Waals surface area (Å²) < 4.78 is 5.15. The Labute approximate surface area is 128 Å². The monoisotopic (exact) mass is 308 g/mol. The van der Waals surface area contributed by atoms with Crippen molar-refractivity contribution < 1.29 is 14.3 Å². The molecule has 1 aliphatic carbocycles. The third-order valence-electron chi connectivity index (χ3n) is 3.93. The van der Waals surface area contributed by atoms with Gasteiger partial charge in [-0.3, -0.25) is 4.79 Å². The molecule has 0 bridgehead atoms. The van der Waals surface area contributed by atoms with E-state index in [0.29, 0.717) is 23.1 Å². The molecule has 1 aliphatic heterocycles. The van der Waals surface area contributed by atoms with Gasteiger partial charge in [-0.15, -0.1) is 11.3 Å². The van der Waals surface area contributed by atoms with E-state index in [1.165, 1.54) is 11.3 Å². The largest absolute Gasteiger partial charge is 0.462 e. The van der Waals surface area contributed by atoms with Crippen molar-refractivity contribution in [3.63, 3.8) is 0 Å². The van der Waals surface area contributed by atoms with Gasteiger partial charge in [0.1, 0.15) is 5.00 Å². The molecule has 3 rings (SSSR count). The van der Waals surface area contributed by atoms with E-state index in [0.717, 1.165) is 37.8 Å². The third-order valence-corrected chi connectivity index (χ3v) is 4.84. The third kappa shape index (κ3) is 3.11. The van der Waals surface area contributed by atoms with Gasteiger partial charge in [0.25, 0.3) is 0 Å². The van der Waals surface area contributed by atoms with Gasteiger partial charge >= 0.3 is 5.97 Å². The van der Waals surface area contributed by atoms with Gasteiger partial charge in [0, 0.05) is 0 Å². The molecule has 1 aromatic heterocycles. The van der Waals surface area contributed by atoms with Crippen molar-refractivity contribution >= 4 is 28.2 Å². The fourth-order valence-electron chi connectivity index (χ4n) is 2.68. The normalized spacial score (nSPS) is 21.3. The van der Waals surface area contributed by atoms with Gasteiger partial charge in [-0.05, 0) is 56.0 Å². The van der Waals surface area contributed by atoms with E-state index in [9.17, 15) is 9.59 Å². The van der Waals surface area contributed by atoms with Crippen molar-refractivity contribution in [1.82, 2.24) is 5.32 Å². The molecule has 2 aliphatic rings. The van der Waals surface area contributed by atoms with Gasteiger partial charge in [-0.25, -0.2) is 4.79 Å².